The van der Waals surface area contributed by atoms with E-state index in [0.29, 0.717) is 0 Å². The van der Waals surface area contributed by atoms with Gasteiger partial charge in [-0.2, -0.15) is 0 Å². The van der Waals surface area contributed by atoms with E-state index in [1.807, 2.05) is 12.1 Å². The normalized spacial score (nSPS) is 10.0. The van der Waals surface area contributed by atoms with Crippen molar-refractivity contribution in [3.63, 3.8) is 0 Å². The summed E-state index contributed by atoms with van der Waals surface area (Å²) < 4.78 is 7.24. The standard InChI is InChI=1S/C8H7Br3O/c1-12-8-5(4-9)2-6(10)3-7(8)11/h2-3H,4H2,1H3. The summed E-state index contributed by atoms with van der Waals surface area (Å²) in [6, 6.07) is 3.99. The number of ether oxygens (including phenoxy) is 1. The summed E-state index contributed by atoms with van der Waals surface area (Å²) in [5, 5.41) is 0.786. The summed E-state index contributed by atoms with van der Waals surface area (Å²) in [6.45, 7) is 0. The molecule has 0 saturated carbocycles. The van der Waals surface area contributed by atoms with Crippen molar-refractivity contribution in [2.45, 2.75) is 5.33 Å². The average molecular weight is 359 g/mol. The molecular formula is C8H7Br3O. The molecule has 0 unspecified atom stereocenters. The van der Waals surface area contributed by atoms with Crippen LogP contribution in [0.1, 0.15) is 5.56 Å². The molecule has 0 aromatic heterocycles. The minimum atomic E-state index is 0.786. The second kappa shape index (κ2) is 4.63. The molecule has 0 bridgehead atoms. The Bertz CT molecular complexity index is 286. The monoisotopic (exact) mass is 356 g/mol. The third kappa shape index (κ3) is 2.24. The van der Waals surface area contributed by atoms with Crippen LogP contribution in [0.2, 0.25) is 0 Å². The van der Waals surface area contributed by atoms with Gasteiger partial charge in [-0.3, -0.25) is 0 Å². The van der Waals surface area contributed by atoms with Gasteiger partial charge in [0.25, 0.3) is 0 Å². The van der Waals surface area contributed by atoms with Crippen LogP contribution >= 0.6 is 47.8 Å². The first-order valence-electron chi connectivity index (χ1n) is 3.27. The van der Waals surface area contributed by atoms with E-state index in [4.69, 9.17) is 4.74 Å². The molecule has 0 amide bonds. The summed E-state index contributed by atoms with van der Waals surface area (Å²) in [5.41, 5.74) is 1.12. The fourth-order valence-electron chi connectivity index (χ4n) is 0.942. The van der Waals surface area contributed by atoms with Crippen LogP contribution in [0.25, 0.3) is 0 Å². The van der Waals surface area contributed by atoms with E-state index in [9.17, 15) is 0 Å². The maximum Gasteiger partial charge on any atom is 0.137 e. The van der Waals surface area contributed by atoms with E-state index in [-0.39, 0.29) is 0 Å². The van der Waals surface area contributed by atoms with Crippen molar-refractivity contribution >= 4 is 47.8 Å². The number of rotatable bonds is 2. The molecule has 12 heavy (non-hydrogen) atoms. The van der Waals surface area contributed by atoms with Crippen molar-refractivity contribution < 1.29 is 4.74 Å². The molecule has 0 heterocycles. The van der Waals surface area contributed by atoms with Crippen LogP contribution in [0.15, 0.2) is 21.1 Å². The van der Waals surface area contributed by atoms with Crippen LogP contribution in [0.5, 0.6) is 5.75 Å². The van der Waals surface area contributed by atoms with Gasteiger partial charge in [-0.1, -0.05) is 31.9 Å². The van der Waals surface area contributed by atoms with Crippen molar-refractivity contribution in [3.05, 3.63) is 26.6 Å². The molecule has 0 spiro atoms. The van der Waals surface area contributed by atoms with E-state index in [1.54, 1.807) is 7.11 Å². The zero-order chi connectivity index (χ0) is 9.14. The van der Waals surface area contributed by atoms with Gasteiger partial charge >= 0.3 is 0 Å². The van der Waals surface area contributed by atoms with Crippen LogP contribution in [-0.4, -0.2) is 7.11 Å². The van der Waals surface area contributed by atoms with E-state index in [2.05, 4.69) is 47.8 Å². The second-order valence-electron chi connectivity index (χ2n) is 2.21. The third-order valence-electron chi connectivity index (χ3n) is 1.43. The molecular weight excluding hydrogens is 352 g/mol. The van der Waals surface area contributed by atoms with Crippen LogP contribution < -0.4 is 4.74 Å². The fourth-order valence-corrected chi connectivity index (χ4v) is 2.83. The Morgan fingerprint density at radius 3 is 2.50 bits per heavy atom. The van der Waals surface area contributed by atoms with E-state index < -0.39 is 0 Å². The van der Waals surface area contributed by atoms with Gasteiger partial charge in [-0.05, 0) is 28.1 Å². The lowest BCUT2D eigenvalue weighted by atomic mass is 10.2. The van der Waals surface area contributed by atoms with Crippen LogP contribution in [0.3, 0.4) is 0 Å². The van der Waals surface area contributed by atoms with Crippen molar-refractivity contribution in [2.24, 2.45) is 0 Å². The second-order valence-corrected chi connectivity index (χ2v) is 4.54. The maximum absolute atomic E-state index is 5.22. The van der Waals surface area contributed by atoms with Gasteiger partial charge in [0.15, 0.2) is 0 Å². The SMILES string of the molecule is COc1c(Br)cc(Br)cc1CBr. The highest BCUT2D eigenvalue weighted by Crippen LogP contribution is 2.33. The summed E-state index contributed by atoms with van der Waals surface area (Å²) in [4.78, 5) is 0. The van der Waals surface area contributed by atoms with Gasteiger partial charge in [0, 0.05) is 15.4 Å². The fraction of sp³-hybridized carbons (Fsp3) is 0.250. The van der Waals surface area contributed by atoms with E-state index in [1.165, 1.54) is 0 Å². The Hall–Kier alpha value is 0.460. The predicted molar refractivity (Wildman–Crippen MR) is 61.0 cm³/mol. The summed E-state index contributed by atoms with van der Waals surface area (Å²) in [7, 11) is 1.67. The number of alkyl halides is 1. The van der Waals surface area contributed by atoms with Crippen LogP contribution in [-0.2, 0) is 5.33 Å². The summed E-state index contributed by atoms with van der Waals surface area (Å²) in [5.74, 6) is 0.884. The van der Waals surface area contributed by atoms with Crippen molar-refractivity contribution in [2.75, 3.05) is 7.11 Å². The molecule has 4 heteroatoms. The Labute approximate surface area is 96.9 Å². The lowest BCUT2D eigenvalue weighted by molar-refractivity contribution is 0.408. The zero-order valence-corrected chi connectivity index (χ0v) is 11.2. The molecule has 0 aliphatic carbocycles. The van der Waals surface area contributed by atoms with Gasteiger partial charge in [0.05, 0.1) is 11.6 Å². The maximum atomic E-state index is 5.22. The smallest absolute Gasteiger partial charge is 0.137 e. The quantitative estimate of drug-likeness (QED) is 0.723. The molecule has 0 saturated heterocycles. The first-order valence-corrected chi connectivity index (χ1v) is 5.97. The van der Waals surface area contributed by atoms with E-state index in [0.717, 1.165) is 25.6 Å². The molecule has 0 atom stereocenters. The molecule has 1 aromatic carbocycles. The predicted octanol–water partition coefficient (Wildman–Crippen LogP) is 4.12. The molecule has 0 N–H and O–H groups in total. The number of benzene rings is 1. The lowest BCUT2D eigenvalue weighted by Gasteiger charge is -2.08. The third-order valence-corrected chi connectivity index (χ3v) is 3.08. The number of methoxy groups -OCH3 is 1. The van der Waals surface area contributed by atoms with Gasteiger partial charge in [0.2, 0.25) is 0 Å². The van der Waals surface area contributed by atoms with Gasteiger partial charge in [-0.25, -0.2) is 0 Å². The van der Waals surface area contributed by atoms with Gasteiger partial charge < -0.3 is 4.74 Å². The molecule has 66 valence electrons. The summed E-state index contributed by atoms with van der Waals surface area (Å²) >= 11 is 10.2. The molecule has 0 radical (unpaired) electrons. The van der Waals surface area contributed by atoms with Gasteiger partial charge in [0.1, 0.15) is 5.75 Å². The first-order chi connectivity index (χ1) is 5.69. The Morgan fingerprint density at radius 1 is 1.33 bits per heavy atom. The average Bonchev–Trinajstić information content (AvgIpc) is 2.03. The number of hydrogen-bond acceptors (Lipinski definition) is 1. The highest BCUT2D eigenvalue weighted by Gasteiger charge is 2.07. The molecule has 0 fully saturated rings. The van der Waals surface area contributed by atoms with Crippen molar-refractivity contribution in [1.82, 2.24) is 0 Å². The van der Waals surface area contributed by atoms with Gasteiger partial charge in [-0.15, -0.1) is 0 Å². The molecule has 0 aliphatic rings. The Balaban J connectivity index is 3.24. The Kier molecular flexibility index (Phi) is 4.06. The highest BCUT2D eigenvalue weighted by atomic mass is 79.9. The van der Waals surface area contributed by atoms with Crippen molar-refractivity contribution in [1.29, 1.82) is 0 Å². The largest absolute Gasteiger partial charge is 0.495 e. The topological polar surface area (TPSA) is 9.23 Å². The van der Waals surface area contributed by atoms with Crippen LogP contribution in [0, 0.1) is 0 Å². The molecule has 0 aliphatic heterocycles. The van der Waals surface area contributed by atoms with Crippen molar-refractivity contribution in [3.8, 4) is 5.75 Å². The summed E-state index contributed by atoms with van der Waals surface area (Å²) in [6.07, 6.45) is 0. The lowest BCUT2D eigenvalue weighted by Crippen LogP contribution is -1.90. The first kappa shape index (κ1) is 10.5. The number of halogens is 3. The minimum absolute atomic E-state index is 0.786. The zero-order valence-electron chi connectivity index (χ0n) is 6.40. The Morgan fingerprint density at radius 2 is 2.00 bits per heavy atom. The number of hydrogen-bond donors (Lipinski definition) is 0. The molecule has 1 nitrogen and oxygen atoms in total. The molecule has 1 rings (SSSR count). The van der Waals surface area contributed by atoms with E-state index >= 15 is 0 Å². The minimum Gasteiger partial charge on any atom is -0.495 e. The molecule has 1 aromatic rings. The van der Waals surface area contributed by atoms with Crippen LogP contribution in [0.4, 0.5) is 0 Å². The highest BCUT2D eigenvalue weighted by molar-refractivity contribution is 9.11.